The number of nitrogens with one attached hydrogen (secondary N) is 3. The second-order valence-electron chi connectivity index (χ2n) is 7.60. The van der Waals surface area contributed by atoms with Crippen molar-refractivity contribution >= 4 is 34.5 Å². The van der Waals surface area contributed by atoms with E-state index in [1.807, 2.05) is 12.3 Å². The zero-order valence-electron chi connectivity index (χ0n) is 17.1. The molecule has 0 aliphatic heterocycles. The van der Waals surface area contributed by atoms with Gasteiger partial charge in [-0.1, -0.05) is 0 Å². The number of nitriles is 1. The molecule has 5 rings (SSSR count). The van der Waals surface area contributed by atoms with Gasteiger partial charge in [0.05, 0.1) is 29.1 Å². The van der Waals surface area contributed by atoms with Crippen LogP contribution in [-0.2, 0) is 0 Å². The van der Waals surface area contributed by atoms with Crippen molar-refractivity contribution < 1.29 is 9.21 Å². The smallest absolute Gasteiger partial charge is 0.230 e. The molecule has 10 heteroatoms. The summed E-state index contributed by atoms with van der Waals surface area (Å²) in [6.45, 7) is 1.45. The third kappa shape index (κ3) is 3.95. The van der Waals surface area contributed by atoms with Gasteiger partial charge in [0.2, 0.25) is 5.89 Å². The van der Waals surface area contributed by atoms with Gasteiger partial charge in [0, 0.05) is 43.0 Å². The lowest BCUT2D eigenvalue weighted by Crippen LogP contribution is -2.45. The van der Waals surface area contributed by atoms with Gasteiger partial charge in [-0.3, -0.25) is 9.52 Å². The number of fused-ring (bicyclic) bond motifs is 1. The lowest BCUT2D eigenvalue weighted by molar-refractivity contribution is 0.0988. The molecule has 1 saturated carbocycles. The second-order valence-corrected chi connectivity index (χ2v) is 8.45. The van der Waals surface area contributed by atoms with Crippen molar-refractivity contribution in [2.45, 2.75) is 36.9 Å². The maximum Gasteiger partial charge on any atom is 0.230 e. The highest BCUT2D eigenvalue weighted by Crippen LogP contribution is 2.36. The number of oxazole rings is 1. The fourth-order valence-corrected chi connectivity index (χ4v) is 4.38. The van der Waals surface area contributed by atoms with Crippen LogP contribution in [0.5, 0.6) is 0 Å². The van der Waals surface area contributed by atoms with Crippen LogP contribution in [-0.4, -0.2) is 37.8 Å². The minimum Gasteiger partial charge on any atom is -0.433 e. The largest absolute Gasteiger partial charge is 0.433 e. The third-order valence-corrected chi connectivity index (χ3v) is 6.23. The molecule has 1 fully saturated rings. The molecule has 160 valence electrons. The molecule has 0 amide bonds. The van der Waals surface area contributed by atoms with Crippen LogP contribution in [0, 0.1) is 11.3 Å². The maximum atomic E-state index is 11.6. The quantitative estimate of drug-likeness (QED) is 0.286. The van der Waals surface area contributed by atoms with Gasteiger partial charge in [0.15, 0.2) is 11.5 Å². The summed E-state index contributed by atoms with van der Waals surface area (Å²) in [5.74, 6) is 0.412. The molecule has 4 aromatic rings. The first kappa shape index (κ1) is 20.2. The van der Waals surface area contributed by atoms with Crippen molar-refractivity contribution in [3.05, 3.63) is 54.3 Å². The lowest BCUT2D eigenvalue weighted by Gasteiger charge is -2.37. The summed E-state index contributed by atoms with van der Waals surface area (Å²) in [7, 11) is 0. The van der Waals surface area contributed by atoms with Gasteiger partial charge in [-0.05, 0) is 43.0 Å². The molecule has 0 atom stereocenters. The Morgan fingerprint density at radius 2 is 2.12 bits per heavy atom. The molecule has 0 bridgehead atoms. The SMILES string of the molecule is CC(=O)c1cnc(-c2cnc3[nH]ccc3c2NC2CC(NSc3cc(C#N)ccn3)C2)o1. The van der Waals surface area contributed by atoms with Crippen LogP contribution in [0.3, 0.4) is 0 Å². The highest BCUT2D eigenvalue weighted by Gasteiger charge is 2.31. The van der Waals surface area contributed by atoms with Crippen LogP contribution < -0.4 is 10.0 Å². The fourth-order valence-electron chi connectivity index (χ4n) is 3.60. The van der Waals surface area contributed by atoms with Gasteiger partial charge in [-0.2, -0.15) is 5.26 Å². The number of nitrogens with zero attached hydrogens (tertiary/aromatic N) is 4. The lowest BCUT2D eigenvalue weighted by atomic mass is 9.87. The van der Waals surface area contributed by atoms with E-state index in [-0.39, 0.29) is 17.6 Å². The number of H-pyrrole nitrogens is 1. The number of aromatic nitrogens is 4. The first-order valence-corrected chi connectivity index (χ1v) is 10.9. The maximum absolute atomic E-state index is 11.6. The molecule has 0 aromatic carbocycles. The first-order chi connectivity index (χ1) is 15.6. The van der Waals surface area contributed by atoms with E-state index < -0.39 is 0 Å². The Morgan fingerprint density at radius 3 is 2.91 bits per heavy atom. The Hall–Kier alpha value is -3.68. The zero-order chi connectivity index (χ0) is 22.1. The number of carbonyl (C=O) groups is 1. The molecule has 1 aliphatic rings. The Kier molecular flexibility index (Phi) is 5.34. The van der Waals surface area contributed by atoms with Gasteiger partial charge in [-0.25, -0.2) is 15.0 Å². The van der Waals surface area contributed by atoms with E-state index in [1.165, 1.54) is 25.1 Å². The summed E-state index contributed by atoms with van der Waals surface area (Å²) in [5, 5.41) is 14.3. The Labute approximate surface area is 187 Å². The van der Waals surface area contributed by atoms with Crippen LogP contribution >= 0.6 is 11.9 Å². The highest BCUT2D eigenvalue weighted by atomic mass is 32.2. The topological polar surface area (TPSA) is 133 Å². The molecule has 0 saturated heterocycles. The van der Waals surface area contributed by atoms with Crippen LogP contribution in [0.1, 0.15) is 35.9 Å². The molecule has 0 unspecified atom stereocenters. The van der Waals surface area contributed by atoms with E-state index in [0.717, 1.165) is 34.6 Å². The Morgan fingerprint density at radius 1 is 1.25 bits per heavy atom. The zero-order valence-corrected chi connectivity index (χ0v) is 17.9. The molecule has 9 nitrogen and oxygen atoms in total. The van der Waals surface area contributed by atoms with Crippen LogP contribution in [0.15, 0.2) is 52.4 Å². The number of rotatable bonds is 7. The second kappa shape index (κ2) is 8.45. The number of carbonyl (C=O) groups excluding carboxylic acids is 1. The first-order valence-electron chi connectivity index (χ1n) is 10.1. The van der Waals surface area contributed by atoms with Gasteiger partial charge in [0.1, 0.15) is 10.7 Å². The summed E-state index contributed by atoms with van der Waals surface area (Å²) in [5.41, 5.74) is 2.96. The molecule has 32 heavy (non-hydrogen) atoms. The Balaban J connectivity index is 1.29. The third-order valence-electron chi connectivity index (χ3n) is 5.35. The van der Waals surface area contributed by atoms with Crippen molar-refractivity contribution in [3.63, 3.8) is 0 Å². The van der Waals surface area contributed by atoms with E-state index in [4.69, 9.17) is 9.68 Å². The van der Waals surface area contributed by atoms with Gasteiger partial charge >= 0.3 is 0 Å². The number of anilines is 1. The molecule has 1 aliphatic carbocycles. The number of ketones is 1. The van der Waals surface area contributed by atoms with E-state index >= 15 is 0 Å². The number of Topliss-reactive ketones (excluding diaryl/α,β-unsaturated/α-hetero) is 1. The van der Waals surface area contributed by atoms with Crippen molar-refractivity contribution in [2.75, 3.05) is 5.32 Å². The monoisotopic (exact) mass is 445 g/mol. The van der Waals surface area contributed by atoms with Crippen molar-refractivity contribution in [2.24, 2.45) is 0 Å². The molecule has 4 heterocycles. The predicted molar refractivity (Wildman–Crippen MR) is 120 cm³/mol. The van der Waals surface area contributed by atoms with Crippen molar-refractivity contribution in [3.8, 4) is 17.5 Å². The number of hydrogen-bond donors (Lipinski definition) is 3. The summed E-state index contributed by atoms with van der Waals surface area (Å²) in [6.07, 6.45) is 8.47. The average molecular weight is 446 g/mol. The van der Waals surface area contributed by atoms with Crippen molar-refractivity contribution in [1.82, 2.24) is 24.7 Å². The van der Waals surface area contributed by atoms with Crippen LogP contribution in [0.2, 0.25) is 0 Å². The normalized spacial score (nSPS) is 17.6. The molecular weight excluding hydrogens is 426 g/mol. The molecule has 0 spiro atoms. The summed E-state index contributed by atoms with van der Waals surface area (Å²) < 4.78 is 9.08. The highest BCUT2D eigenvalue weighted by molar-refractivity contribution is 7.97. The minimum atomic E-state index is -0.172. The predicted octanol–water partition coefficient (Wildman–Crippen LogP) is 3.93. The van der Waals surface area contributed by atoms with Crippen LogP contribution in [0.4, 0.5) is 5.69 Å². The van der Waals surface area contributed by atoms with Gasteiger partial charge < -0.3 is 14.7 Å². The van der Waals surface area contributed by atoms with Gasteiger partial charge in [0.25, 0.3) is 0 Å². The summed E-state index contributed by atoms with van der Waals surface area (Å²) in [4.78, 5) is 27.7. The van der Waals surface area contributed by atoms with E-state index in [9.17, 15) is 4.79 Å². The van der Waals surface area contributed by atoms with E-state index in [0.29, 0.717) is 23.1 Å². The van der Waals surface area contributed by atoms with E-state index in [1.54, 1.807) is 24.5 Å². The number of hydrogen-bond acceptors (Lipinski definition) is 9. The van der Waals surface area contributed by atoms with E-state index in [2.05, 4.69) is 36.0 Å². The summed E-state index contributed by atoms with van der Waals surface area (Å²) in [6, 6.07) is 8.12. The van der Waals surface area contributed by atoms with Crippen LogP contribution in [0.25, 0.3) is 22.5 Å². The molecular formula is C22H19N7O2S. The molecule has 3 N–H and O–H groups in total. The van der Waals surface area contributed by atoms with Crippen molar-refractivity contribution in [1.29, 1.82) is 5.26 Å². The minimum absolute atomic E-state index is 0.172. The number of pyridine rings is 2. The fraction of sp³-hybridized carbons (Fsp3) is 0.227. The summed E-state index contributed by atoms with van der Waals surface area (Å²) >= 11 is 1.44. The molecule has 0 radical (unpaired) electrons. The number of aromatic amines is 1. The van der Waals surface area contributed by atoms with Gasteiger partial charge in [-0.15, -0.1) is 0 Å². The average Bonchev–Trinajstić information content (AvgIpc) is 3.45. The standard InChI is InChI=1S/C22H19N7O2S/c1-12(30)18-11-27-22(31-18)17-10-26-21-16(3-5-25-21)20(17)28-14-7-15(8-14)29-32-19-6-13(9-23)2-4-24-19/h2-6,10-11,14-15,29H,7-8H2,1H3,(H2,25,26,28). The molecule has 4 aromatic heterocycles. The Bertz CT molecular complexity index is 1330.